The van der Waals surface area contributed by atoms with E-state index in [4.69, 9.17) is 4.98 Å². The third-order valence-corrected chi connectivity index (χ3v) is 16.0. The van der Waals surface area contributed by atoms with Gasteiger partial charge in [0, 0.05) is 17.3 Å². The van der Waals surface area contributed by atoms with Crippen molar-refractivity contribution in [3.8, 4) is 134 Å². The number of rotatable bonds is 12. The van der Waals surface area contributed by atoms with Crippen molar-refractivity contribution >= 4 is 0 Å². The van der Waals surface area contributed by atoms with Crippen molar-refractivity contribution in [3.05, 3.63) is 321 Å². The topological polar surface area (TPSA) is 12.9 Å². The van der Waals surface area contributed by atoms with Gasteiger partial charge in [0.2, 0.25) is 0 Å². The number of pyridine rings is 1. The van der Waals surface area contributed by atoms with Crippen LogP contribution in [0.2, 0.25) is 0 Å². The number of hydrogen-bond acceptors (Lipinski definition) is 1. The third-order valence-electron chi connectivity index (χ3n) is 16.0. The van der Waals surface area contributed by atoms with Crippen LogP contribution in [-0.2, 0) is 5.41 Å². The van der Waals surface area contributed by atoms with E-state index in [0.717, 1.165) is 72.5 Å². The Morgan fingerprint density at radius 2 is 0.378 bits per heavy atom. The fourth-order valence-corrected chi connectivity index (χ4v) is 11.6. The molecule has 0 atom stereocenters. The molecule has 0 saturated heterocycles. The van der Waals surface area contributed by atoms with Crippen molar-refractivity contribution in [2.45, 2.75) is 26.2 Å². The van der Waals surface area contributed by atoms with Gasteiger partial charge in [0.1, 0.15) is 0 Å². The van der Waals surface area contributed by atoms with Crippen LogP contribution in [0.1, 0.15) is 26.3 Å². The van der Waals surface area contributed by atoms with Gasteiger partial charge in [0.25, 0.3) is 0 Å². The van der Waals surface area contributed by atoms with Gasteiger partial charge in [0.15, 0.2) is 0 Å². The highest BCUT2D eigenvalue weighted by Gasteiger charge is 2.30. The Kier molecular flexibility index (Phi) is 14.1. The maximum atomic E-state index is 5.04. The van der Waals surface area contributed by atoms with Crippen molar-refractivity contribution in [2.75, 3.05) is 0 Å². The highest BCUT2D eigenvalue weighted by molar-refractivity contribution is 6.15. The SMILES string of the molecule is CC(C)(C)c1ccc(-c2ccc(-c3ccc(-c4c(-c5ccccc5)c(-c5ccc(-c6ccccc6)cc5)c(-c5ccc(-c6ccccc6)cc5)c(-c5ccc(-c6ccccc6)cc5)c4-c4ccc(-c5ccccc5)cc4)cc3)cn2)cc1. The Labute approximate surface area is 483 Å². The van der Waals surface area contributed by atoms with Crippen molar-refractivity contribution in [2.24, 2.45) is 0 Å². The van der Waals surface area contributed by atoms with E-state index in [2.05, 4.69) is 330 Å². The maximum absolute atomic E-state index is 5.04. The molecule has 1 heterocycles. The highest BCUT2D eigenvalue weighted by atomic mass is 14.7. The van der Waals surface area contributed by atoms with E-state index < -0.39 is 0 Å². The summed E-state index contributed by atoms with van der Waals surface area (Å²) in [5.74, 6) is 0. The summed E-state index contributed by atoms with van der Waals surface area (Å²) in [6, 6.07) is 113. The standard InChI is InChI=1S/C81H61N/c1-81(2,3)73-52-49-65(50-53-73)74-54-51-72(55-82-74)64-37-47-71(48-38-64)77-75(66-27-17-8-18-28-66)76(67-39-29-60(30-40-67)56-19-9-4-10-20-56)78(68-41-31-61(32-42-68)57-21-11-5-12-22-57)80(70-45-35-63(36-46-70)59-25-15-7-16-26-59)79(77)69-43-33-62(34-44-69)58-23-13-6-14-24-58/h4-55H,1-3H3. The van der Waals surface area contributed by atoms with Crippen molar-refractivity contribution in [1.29, 1.82) is 0 Å². The van der Waals surface area contributed by atoms with Crippen LogP contribution in [0.4, 0.5) is 0 Å². The van der Waals surface area contributed by atoms with Crippen LogP contribution in [0, 0.1) is 0 Å². The molecule has 0 saturated carbocycles. The second kappa shape index (κ2) is 22.5. The minimum absolute atomic E-state index is 0.0835. The molecule has 0 fully saturated rings. The van der Waals surface area contributed by atoms with Crippen molar-refractivity contribution in [3.63, 3.8) is 0 Å². The molecule has 390 valence electrons. The molecule has 0 spiro atoms. The van der Waals surface area contributed by atoms with E-state index in [0.29, 0.717) is 0 Å². The van der Waals surface area contributed by atoms with Gasteiger partial charge in [-0.25, -0.2) is 0 Å². The lowest BCUT2D eigenvalue weighted by Gasteiger charge is -2.29. The first-order valence-corrected chi connectivity index (χ1v) is 28.4. The van der Waals surface area contributed by atoms with Gasteiger partial charge < -0.3 is 0 Å². The molecule has 0 aliphatic heterocycles. The Balaban J connectivity index is 1.10. The van der Waals surface area contributed by atoms with Gasteiger partial charge in [-0.15, -0.1) is 0 Å². The van der Waals surface area contributed by atoms with Crippen LogP contribution < -0.4 is 0 Å². The molecule has 0 amide bonds. The molecule has 0 aliphatic carbocycles. The smallest absolute Gasteiger partial charge is 0.0702 e. The monoisotopic (exact) mass is 1050 g/mol. The Morgan fingerprint density at radius 3 is 0.622 bits per heavy atom. The quantitative estimate of drug-likeness (QED) is 0.119. The summed E-state index contributed by atoms with van der Waals surface area (Å²) in [5, 5.41) is 0. The predicted octanol–water partition coefficient (Wildman–Crippen LogP) is 22.4. The van der Waals surface area contributed by atoms with Crippen LogP contribution in [0.5, 0.6) is 0 Å². The van der Waals surface area contributed by atoms with Gasteiger partial charge in [-0.05, 0) is 134 Å². The molecule has 1 nitrogen and oxygen atoms in total. The van der Waals surface area contributed by atoms with E-state index in [9.17, 15) is 0 Å². The van der Waals surface area contributed by atoms with E-state index in [1.165, 1.54) is 66.8 Å². The molecular weight excluding hydrogens is 987 g/mol. The van der Waals surface area contributed by atoms with E-state index >= 15 is 0 Å². The van der Waals surface area contributed by atoms with E-state index in [1.54, 1.807) is 0 Å². The molecule has 82 heavy (non-hydrogen) atoms. The molecule has 0 aliphatic rings. The van der Waals surface area contributed by atoms with Gasteiger partial charge in [-0.1, -0.05) is 324 Å². The zero-order chi connectivity index (χ0) is 55.4. The van der Waals surface area contributed by atoms with Crippen LogP contribution in [-0.4, -0.2) is 4.98 Å². The molecule has 0 N–H and O–H groups in total. The third kappa shape index (κ3) is 10.4. The fraction of sp³-hybridized carbons (Fsp3) is 0.0494. The minimum Gasteiger partial charge on any atom is -0.256 e. The normalized spacial score (nSPS) is 11.4. The summed E-state index contributed by atoms with van der Waals surface area (Å²) in [4.78, 5) is 5.04. The summed E-state index contributed by atoms with van der Waals surface area (Å²) in [6.45, 7) is 6.75. The molecule has 12 aromatic carbocycles. The van der Waals surface area contributed by atoms with Crippen molar-refractivity contribution < 1.29 is 0 Å². The zero-order valence-electron chi connectivity index (χ0n) is 46.5. The molecule has 1 heteroatoms. The number of nitrogens with zero attached hydrogens (tertiary/aromatic N) is 1. The summed E-state index contributed by atoms with van der Waals surface area (Å²) in [6.07, 6.45) is 2.02. The molecule has 13 rings (SSSR count). The van der Waals surface area contributed by atoms with Gasteiger partial charge in [-0.3, -0.25) is 4.98 Å². The lowest BCUT2D eigenvalue weighted by Crippen LogP contribution is -2.10. The molecule has 0 radical (unpaired) electrons. The average molecular weight is 1050 g/mol. The second-order valence-corrected chi connectivity index (χ2v) is 22.2. The molecule has 13 aromatic rings. The van der Waals surface area contributed by atoms with E-state index in [-0.39, 0.29) is 5.41 Å². The highest BCUT2D eigenvalue weighted by Crippen LogP contribution is 2.56. The number of hydrogen-bond donors (Lipinski definition) is 0. The largest absolute Gasteiger partial charge is 0.256 e. The average Bonchev–Trinajstić information content (AvgIpc) is 1.58. The summed E-state index contributed by atoms with van der Waals surface area (Å²) in [5.41, 5.74) is 28.8. The molecule has 0 bridgehead atoms. The summed E-state index contributed by atoms with van der Waals surface area (Å²) in [7, 11) is 0. The lowest BCUT2D eigenvalue weighted by molar-refractivity contribution is 0.590. The van der Waals surface area contributed by atoms with Crippen LogP contribution in [0.25, 0.3) is 134 Å². The van der Waals surface area contributed by atoms with E-state index in [1.807, 2.05) is 6.20 Å². The Morgan fingerprint density at radius 1 is 0.183 bits per heavy atom. The first-order chi connectivity index (χ1) is 40.3. The first kappa shape index (κ1) is 51.2. The zero-order valence-corrected chi connectivity index (χ0v) is 46.5. The van der Waals surface area contributed by atoms with Gasteiger partial charge >= 0.3 is 0 Å². The lowest BCUT2D eigenvalue weighted by atomic mass is 9.73. The molecule has 0 unspecified atom stereocenters. The maximum Gasteiger partial charge on any atom is 0.0702 e. The van der Waals surface area contributed by atoms with Crippen LogP contribution in [0.3, 0.4) is 0 Å². The fourth-order valence-electron chi connectivity index (χ4n) is 11.6. The summed E-state index contributed by atoms with van der Waals surface area (Å²) >= 11 is 0. The Bertz CT molecular complexity index is 4260. The molecule has 1 aromatic heterocycles. The first-order valence-electron chi connectivity index (χ1n) is 28.4. The van der Waals surface area contributed by atoms with Gasteiger partial charge in [0.05, 0.1) is 5.69 Å². The number of benzene rings is 12. The molecular formula is C81H61N. The van der Waals surface area contributed by atoms with Gasteiger partial charge in [-0.2, -0.15) is 0 Å². The summed E-state index contributed by atoms with van der Waals surface area (Å²) < 4.78 is 0. The van der Waals surface area contributed by atoms with Crippen molar-refractivity contribution in [1.82, 2.24) is 4.98 Å². The van der Waals surface area contributed by atoms with Crippen LogP contribution in [0.15, 0.2) is 316 Å². The number of aromatic nitrogens is 1. The van der Waals surface area contributed by atoms with Crippen LogP contribution >= 0.6 is 0 Å². The minimum atomic E-state index is 0.0835. The second-order valence-electron chi connectivity index (χ2n) is 22.2. The predicted molar refractivity (Wildman–Crippen MR) is 348 cm³/mol. The Hall–Kier alpha value is -10.2.